The van der Waals surface area contributed by atoms with Crippen molar-refractivity contribution in [2.45, 2.75) is 32.2 Å². The maximum Gasteiger partial charge on any atom is 0.203 e. The van der Waals surface area contributed by atoms with E-state index >= 15 is 0 Å². The van der Waals surface area contributed by atoms with Crippen molar-refractivity contribution in [3.63, 3.8) is 0 Å². The molecule has 4 nitrogen and oxygen atoms in total. The lowest BCUT2D eigenvalue weighted by Gasteiger charge is -2.23. The number of hydrogen-bond donors (Lipinski definition) is 1. The molecule has 0 saturated heterocycles. The van der Waals surface area contributed by atoms with Gasteiger partial charge in [0.25, 0.3) is 0 Å². The van der Waals surface area contributed by atoms with E-state index in [1.807, 2.05) is 6.07 Å². The van der Waals surface area contributed by atoms with Gasteiger partial charge in [0.1, 0.15) is 0 Å². The number of hydrogen-bond acceptors (Lipinski definition) is 4. The molecule has 1 unspecified atom stereocenters. The third-order valence-electron chi connectivity index (χ3n) is 3.83. The van der Waals surface area contributed by atoms with Crippen LogP contribution in [0, 0.1) is 5.92 Å². The molecule has 1 aromatic rings. The summed E-state index contributed by atoms with van der Waals surface area (Å²) in [6.07, 6.45) is 3.84. The Kier molecular flexibility index (Phi) is 5.12. The molecule has 1 aliphatic rings. The van der Waals surface area contributed by atoms with Crippen molar-refractivity contribution >= 4 is 0 Å². The molecule has 112 valence electrons. The van der Waals surface area contributed by atoms with Crippen LogP contribution in [0.25, 0.3) is 0 Å². The van der Waals surface area contributed by atoms with Crippen molar-refractivity contribution in [3.8, 4) is 17.2 Å². The third-order valence-corrected chi connectivity index (χ3v) is 3.83. The van der Waals surface area contributed by atoms with Gasteiger partial charge in [0, 0.05) is 11.6 Å². The molecule has 2 rings (SSSR count). The van der Waals surface area contributed by atoms with Crippen LogP contribution < -0.4 is 19.5 Å². The van der Waals surface area contributed by atoms with Crippen molar-refractivity contribution in [1.82, 2.24) is 5.32 Å². The van der Waals surface area contributed by atoms with Crippen LogP contribution in [0.2, 0.25) is 0 Å². The maximum absolute atomic E-state index is 5.59. The lowest BCUT2D eigenvalue weighted by Crippen LogP contribution is -2.22. The first-order valence-corrected chi connectivity index (χ1v) is 7.27. The fourth-order valence-corrected chi connectivity index (χ4v) is 2.65. The molecule has 1 atom stereocenters. The molecule has 4 heteroatoms. The minimum Gasteiger partial charge on any atom is -0.493 e. The Morgan fingerprint density at radius 2 is 1.80 bits per heavy atom. The van der Waals surface area contributed by atoms with Gasteiger partial charge in [-0.05, 0) is 31.0 Å². The lowest BCUT2D eigenvalue weighted by atomic mass is 9.99. The van der Waals surface area contributed by atoms with Gasteiger partial charge in [0.15, 0.2) is 11.5 Å². The predicted octanol–water partition coefficient (Wildman–Crippen LogP) is 3.16. The van der Waals surface area contributed by atoms with Crippen LogP contribution >= 0.6 is 0 Å². The van der Waals surface area contributed by atoms with Gasteiger partial charge in [-0.3, -0.25) is 0 Å². The van der Waals surface area contributed by atoms with Crippen molar-refractivity contribution in [1.29, 1.82) is 0 Å². The van der Waals surface area contributed by atoms with Crippen LogP contribution in [0.4, 0.5) is 0 Å². The number of ether oxygens (including phenoxy) is 3. The Bertz CT molecular complexity index is 444. The molecule has 0 amide bonds. The van der Waals surface area contributed by atoms with E-state index in [2.05, 4.69) is 18.3 Å². The topological polar surface area (TPSA) is 39.7 Å². The molecule has 1 saturated carbocycles. The molecule has 1 N–H and O–H groups in total. The normalized spacial score (nSPS) is 15.8. The van der Waals surface area contributed by atoms with Crippen LogP contribution in [0.15, 0.2) is 12.1 Å². The fourth-order valence-electron chi connectivity index (χ4n) is 2.65. The molecule has 0 aliphatic heterocycles. The second-order valence-corrected chi connectivity index (χ2v) is 5.21. The average Bonchev–Trinajstić information content (AvgIpc) is 3.29. The van der Waals surface area contributed by atoms with Gasteiger partial charge in [-0.25, -0.2) is 0 Å². The number of nitrogens with one attached hydrogen (secondary N) is 1. The minimum atomic E-state index is 0.308. The smallest absolute Gasteiger partial charge is 0.203 e. The van der Waals surface area contributed by atoms with Crippen LogP contribution in [0.5, 0.6) is 17.2 Å². The SMILES string of the molecule is CCNC(CC1CC1)c1ccc(OC)c(OC)c1OC. The van der Waals surface area contributed by atoms with Crippen molar-refractivity contribution < 1.29 is 14.2 Å². The van der Waals surface area contributed by atoms with E-state index < -0.39 is 0 Å². The quantitative estimate of drug-likeness (QED) is 0.793. The molecule has 0 heterocycles. The van der Waals surface area contributed by atoms with E-state index in [4.69, 9.17) is 14.2 Å². The molecule has 0 aromatic heterocycles. The van der Waals surface area contributed by atoms with Gasteiger partial charge in [-0.15, -0.1) is 0 Å². The van der Waals surface area contributed by atoms with E-state index in [-0.39, 0.29) is 0 Å². The molecule has 0 bridgehead atoms. The van der Waals surface area contributed by atoms with Gasteiger partial charge in [0.2, 0.25) is 5.75 Å². The van der Waals surface area contributed by atoms with Gasteiger partial charge in [-0.2, -0.15) is 0 Å². The predicted molar refractivity (Wildman–Crippen MR) is 79.9 cm³/mol. The standard InChI is InChI=1S/C16H25NO3/c1-5-17-13(10-11-6-7-11)12-8-9-14(18-2)16(20-4)15(12)19-3/h8-9,11,13,17H,5-7,10H2,1-4H3. The summed E-state index contributed by atoms with van der Waals surface area (Å²) >= 11 is 0. The molecule has 1 aromatic carbocycles. The second-order valence-electron chi connectivity index (χ2n) is 5.21. The molecule has 1 aliphatic carbocycles. The Labute approximate surface area is 121 Å². The zero-order valence-corrected chi connectivity index (χ0v) is 12.9. The number of methoxy groups -OCH3 is 3. The zero-order valence-electron chi connectivity index (χ0n) is 12.9. The average molecular weight is 279 g/mol. The molecular formula is C16H25NO3. The summed E-state index contributed by atoms with van der Waals surface area (Å²) in [6.45, 7) is 3.07. The van der Waals surface area contributed by atoms with E-state index in [0.29, 0.717) is 17.5 Å². The maximum atomic E-state index is 5.59. The van der Waals surface area contributed by atoms with Crippen LogP contribution in [-0.4, -0.2) is 27.9 Å². The molecule has 0 radical (unpaired) electrons. The Balaban J connectivity index is 2.36. The Morgan fingerprint density at radius 1 is 1.10 bits per heavy atom. The highest BCUT2D eigenvalue weighted by Crippen LogP contribution is 2.45. The summed E-state index contributed by atoms with van der Waals surface area (Å²) in [4.78, 5) is 0. The highest BCUT2D eigenvalue weighted by atomic mass is 16.5. The van der Waals surface area contributed by atoms with Gasteiger partial charge >= 0.3 is 0 Å². The van der Waals surface area contributed by atoms with Crippen molar-refractivity contribution in [2.75, 3.05) is 27.9 Å². The molecule has 20 heavy (non-hydrogen) atoms. The summed E-state index contributed by atoms with van der Waals surface area (Å²) in [7, 11) is 4.97. The van der Waals surface area contributed by atoms with Crippen molar-refractivity contribution in [2.24, 2.45) is 5.92 Å². The van der Waals surface area contributed by atoms with Crippen LogP contribution in [0.3, 0.4) is 0 Å². The Morgan fingerprint density at radius 3 is 2.30 bits per heavy atom. The van der Waals surface area contributed by atoms with Crippen LogP contribution in [0.1, 0.15) is 37.8 Å². The first kappa shape index (κ1) is 15.0. The van der Waals surface area contributed by atoms with Gasteiger partial charge < -0.3 is 19.5 Å². The summed E-state index contributed by atoms with van der Waals surface area (Å²) in [6, 6.07) is 4.34. The first-order chi connectivity index (χ1) is 9.74. The summed E-state index contributed by atoms with van der Waals surface area (Å²) in [5, 5.41) is 3.56. The second kappa shape index (κ2) is 6.84. The van der Waals surface area contributed by atoms with E-state index in [1.165, 1.54) is 12.8 Å². The number of rotatable bonds is 8. The molecule has 1 fully saturated rings. The molecular weight excluding hydrogens is 254 g/mol. The van der Waals surface area contributed by atoms with Gasteiger partial charge in [0.05, 0.1) is 21.3 Å². The highest BCUT2D eigenvalue weighted by molar-refractivity contribution is 5.56. The summed E-state index contributed by atoms with van der Waals surface area (Å²) < 4.78 is 16.4. The zero-order chi connectivity index (χ0) is 14.5. The van der Waals surface area contributed by atoms with Gasteiger partial charge in [-0.1, -0.05) is 19.8 Å². The van der Waals surface area contributed by atoms with Crippen molar-refractivity contribution in [3.05, 3.63) is 17.7 Å². The first-order valence-electron chi connectivity index (χ1n) is 7.27. The van der Waals surface area contributed by atoms with E-state index in [9.17, 15) is 0 Å². The monoisotopic (exact) mass is 279 g/mol. The Hall–Kier alpha value is -1.42. The largest absolute Gasteiger partial charge is 0.493 e. The van der Waals surface area contributed by atoms with E-state index in [0.717, 1.165) is 30.2 Å². The summed E-state index contributed by atoms with van der Waals surface area (Å²) in [5.41, 5.74) is 1.15. The lowest BCUT2D eigenvalue weighted by molar-refractivity contribution is 0.318. The minimum absolute atomic E-state index is 0.308. The van der Waals surface area contributed by atoms with E-state index in [1.54, 1.807) is 21.3 Å². The van der Waals surface area contributed by atoms with Crippen LogP contribution in [-0.2, 0) is 0 Å². The fraction of sp³-hybridized carbons (Fsp3) is 0.625. The third kappa shape index (κ3) is 3.18. The number of benzene rings is 1. The molecule has 0 spiro atoms. The summed E-state index contributed by atoms with van der Waals surface area (Å²) in [5.74, 6) is 3.00. The highest BCUT2D eigenvalue weighted by Gasteiger charge is 2.29.